The van der Waals surface area contributed by atoms with Gasteiger partial charge in [0.1, 0.15) is 5.58 Å². The number of carbonyl (C=O) groups is 2. The third-order valence-corrected chi connectivity index (χ3v) is 3.79. The Morgan fingerprint density at radius 3 is 2.50 bits per heavy atom. The van der Waals surface area contributed by atoms with Crippen LogP contribution in [0.4, 0.5) is 11.4 Å². The van der Waals surface area contributed by atoms with E-state index >= 15 is 0 Å². The average Bonchev–Trinajstić information content (AvgIpc) is 2.93. The summed E-state index contributed by atoms with van der Waals surface area (Å²) in [4.78, 5) is 23.4. The number of nitrogens with one attached hydrogen (secondary N) is 2. The maximum Gasteiger partial charge on any atom is 0.291 e. The van der Waals surface area contributed by atoms with Crippen LogP contribution in [0.5, 0.6) is 0 Å². The molecule has 7 heteroatoms. The van der Waals surface area contributed by atoms with Crippen molar-refractivity contribution in [2.24, 2.45) is 0 Å². The molecule has 1 aromatic heterocycles. The minimum Gasteiger partial charge on any atom is -0.451 e. The molecule has 0 saturated carbocycles. The van der Waals surface area contributed by atoms with E-state index in [0.29, 0.717) is 27.0 Å². The van der Waals surface area contributed by atoms with E-state index in [1.54, 1.807) is 42.5 Å². The van der Waals surface area contributed by atoms with E-state index in [2.05, 4.69) is 10.6 Å². The van der Waals surface area contributed by atoms with Crippen molar-refractivity contribution in [3.05, 3.63) is 58.3 Å². The molecule has 0 aliphatic rings. The predicted molar refractivity (Wildman–Crippen MR) is 94.9 cm³/mol. The number of anilines is 2. The number of hydrogen-bond acceptors (Lipinski definition) is 3. The van der Waals surface area contributed by atoms with Gasteiger partial charge in [0.05, 0.1) is 10.7 Å². The van der Waals surface area contributed by atoms with Crippen molar-refractivity contribution >= 4 is 57.4 Å². The van der Waals surface area contributed by atoms with Gasteiger partial charge in [-0.1, -0.05) is 23.2 Å². The first-order valence-corrected chi connectivity index (χ1v) is 7.75. The van der Waals surface area contributed by atoms with E-state index < -0.39 is 5.91 Å². The van der Waals surface area contributed by atoms with E-state index in [-0.39, 0.29) is 11.7 Å². The first kappa shape index (κ1) is 16.4. The van der Waals surface area contributed by atoms with Crippen LogP contribution in [0.25, 0.3) is 11.0 Å². The molecule has 0 fully saturated rings. The van der Waals surface area contributed by atoms with Gasteiger partial charge in [0.15, 0.2) is 5.76 Å². The van der Waals surface area contributed by atoms with E-state index in [0.717, 1.165) is 5.39 Å². The fraction of sp³-hybridized carbons (Fsp3) is 0.0588. The molecule has 2 N–H and O–H groups in total. The summed E-state index contributed by atoms with van der Waals surface area (Å²) in [6, 6.07) is 11.5. The molecule has 5 nitrogen and oxygen atoms in total. The summed E-state index contributed by atoms with van der Waals surface area (Å²) >= 11 is 12.0. The molecule has 3 aromatic rings. The lowest BCUT2D eigenvalue weighted by atomic mass is 10.2. The molecule has 0 aliphatic carbocycles. The SMILES string of the molecule is CC(=O)Nc1ccc(NC(=O)c2cc3cc(Cl)ccc3o2)cc1Cl. The van der Waals surface area contributed by atoms with Crippen molar-refractivity contribution in [3.63, 3.8) is 0 Å². The molecule has 2 amide bonds. The first-order valence-electron chi connectivity index (χ1n) is 7.00. The Bertz CT molecular complexity index is 950. The molecule has 0 bridgehead atoms. The zero-order chi connectivity index (χ0) is 17.3. The molecule has 0 unspecified atom stereocenters. The van der Waals surface area contributed by atoms with Gasteiger partial charge >= 0.3 is 0 Å². The number of benzene rings is 2. The van der Waals surface area contributed by atoms with E-state index in [4.69, 9.17) is 27.6 Å². The maximum absolute atomic E-state index is 12.3. The smallest absolute Gasteiger partial charge is 0.291 e. The van der Waals surface area contributed by atoms with Crippen LogP contribution in [-0.2, 0) is 4.79 Å². The van der Waals surface area contributed by atoms with Gasteiger partial charge < -0.3 is 15.1 Å². The summed E-state index contributed by atoms with van der Waals surface area (Å²) < 4.78 is 5.50. The number of halogens is 2. The number of amides is 2. The Labute approximate surface area is 147 Å². The zero-order valence-electron chi connectivity index (χ0n) is 12.5. The van der Waals surface area contributed by atoms with Gasteiger partial charge in [-0.2, -0.15) is 0 Å². The molecule has 0 radical (unpaired) electrons. The molecular weight excluding hydrogens is 351 g/mol. The molecule has 1 heterocycles. The second kappa shape index (κ2) is 6.55. The van der Waals surface area contributed by atoms with Gasteiger partial charge in [0.2, 0.25) is 5.91 Å². The summed E-state index contributed by atoms with van der Waals surface area (Å²) in [5, 5.41) is 6.91. The molecule has 0 saturated heterocycles. The largest absolute Gasteiger partial charge is 0.451 e. The van der Waals surface area contributed by atoms with E-state index in [1.165, 1.54) is 6.92 Å². The first-order chi connectivity index (χ1) is 11.4. The monoisotopic (exact) mass is 362 g/mol. The zero-order valence-corrected chi connectivity index (χ0v) is 14.0. The minimum absolute atomic E-state index is 0.161. The van der Waals surface area contributed by atoms with Crippen LogP contribution < -0.4 is 10.6 Å². The second-order valence-corrected chi connectivity index (χ2v) is 5.97. The average molecular weight is 363 g/mol. The van der Waals surface area contributed by atoms with Crippen LogP contribution in [0.15, 0.2) is 46.9 Å². The number of furan rings is 1. The molecule has 0 spiro atoms. The highest BCUT2D eigenvalue weighted by Gasteiger charge is 2.13. The third-order valence-electron chi connectivity index (χ3n) is 3.24. The number of hydrogen-bond donors (Lipinski definition) is 2. The van der Waals surface area contributed by atoms with Crippen LogP contribution in [-0.4, -0.2) is 11.8 Å². The van der Waals surface area contributed by atoms with Crippen LogP contribution in [0, 0.1) is 0 Å². The second-order valence-electron chi connectivity index (χ2n) is 5.12. The molecule has 2 aromatic carbocycles. The molecular formula is C17H12Cl2N2O3. The van der Waals surface area contributed by atoms with Gasteiger partial charge in [-0.25, -0.2) is 0 Å². The van der Waals surface area contributed by atoms with Crippen molar-refractivity contribution in [3.8, 4) is 0 Å². The minimum atomic E-state index is -0.411. The molecule has 122 valence electrons. The number of rotatable bonds is 3. The summed E-state index contributed by atoms with van der Waals surface area (Å²) in [6.45, 7) is 1.39. The van der Waals surface area contributed by atoms with Crippen molar-refractivity contribution in [1.29, 1.82) is 0 Å². The topological polar surface area (TPSA) is 71.3 Å². The summed E-state index contributed by atoms with van der Waals surface area (Å²) in [6.07, 6.45) is 0. The maximum atomic E-state index is 12.3. The van der Waals surface area contributed by atoms with Gasteiger partial charge in [-0.05, 0) is 42.5 Å². The normalized spacial score (nSPS) is 10.6. The van der Waals surface area contributed by atoms with E-state index in [1.807, 2.05) is 0 Å². The quantitative estimate of drug-likeness (QED) is 0.692. The van der Waals surface area contributed by atoms with Crippen LogP contribution >= 0.6 is 23.2 Å². The van der Waals surface area contributed by atoms with Crippen LogP contribution in [0.1, 0.15) is 17.5 Å². The lowest BCUT2D eigenvalue weighted by molar-refractivity contribution is -0.114. The summed E-state index contributed by atoms with van der Waals surface area (Å²) in [7, 11) is 0. The Morgan fingerprint density at radius 1 is 1.00 bits per heavy atom. The van der Waals surface area contributed by atoms with Crippen LogP contribution in [0.2, 0.25) is 10.0 Å². The Hall–Kier alpha value is -2.50. The summed E-state index contributed by atoms with van der Waals surface area (Å²) in [5.74, 6) is -0.477. The highest BCUT2D eigenvalue weighted by atomic mass is 35.5. The van der Waals surface area contributed by atoms with E-state index in [9.17, 15) is 9.59 Å². The highest BCUT2D eigenvalue weighted by molar-refractivity contribution is 6.34. The standard InChI is InChI=1S/C17H12Cl2N2O3/c1-9(22)20-14-4-3-12(8-13(14)19)21-17(23)16-7-10-6-11(18)2-5-15(10)24-16/h2-8H,1H3,(H,20,22)(H,21,23). The van der Waals surface area contributed by atoms with Gasteiger partial charge in [0, 0.05) is 23.0 Å². The van der Waals surface area contributed by atoms with Crippen LogP contribution in [0.3, 0.4) is 0 Å². The van der Waals surface area contributed by atoms with Crippen molar-refractivity contribution in [1.82, 2.24) is 0 Å². The summed E-state index contributed by atoms with van der Waals surface area (Å²) in [5.41, 5.74) is 1.53. The lowest BCUT2D eigenvalue weighted by Crippen LogP contribution is -2.11. The fourth-order valence-electron chi connectivity index (χ4n) is 2.20. The Balaban J connectivity index is 1.80. The molecule has 3 rings (SSSR count). The predicted octanol–water partition coefficient (Wildman–Crippen LogP) is 4.95. The Kier molecular flexibility index (Phi) is 4.46. The molecule has 0 atom stereocenters. The number of carbonyl (C=O) groups excluding carboxylic acids is 2. The third kappa shape index (κ3) is 3.53. The van der Waals surface area contributed by atoms with Gasteiger partial charge in [-0.3, -0.25) is 9.59 Å². The molecule has 24 heavy (non-hydrogen) atoms. The number of fused-ring (bicyclic) bond motifs is 1. The fourth-order valence-corrected chi connectivity index (χ4v) is 2.61. The van der Waals surface area contributed by atoms with Gasteiger partial charge in [-0.15, -0.1) is 0 Å². The van der Waals surface area contributed by atoms with Gasteiger partial charge in [0.25, 0.3) is 5.91 Å². The molecule has 0 aliphatic heterocycles. The van der Waals surface area contributed by atoms with Crippen molar-refractivity contribution in [2.45, 2.75) is 6.92 Å². The van der Waals surface area contributed by atoms with Crippen molar-refractivity contribution < 1.29 is 14.0 Å². The van der Waals surface area contributed by atoms with Crippen molar-refractivity contribution in [2.75, 3.05) is 10.6 Å². The lowest BCUT2D eigenvalue weighted by Gasteiger charge is -2.08. The highest BCUT2D eigenvalue weighted by Crippen LogP contribution is 2.27. The Morgan fingerprint density at radius 2 is 1.79 bits per heavy atom.